The maximum absolute atomic E-state index is 13.0. The van der Waals surface area contributed by atoms with Crippen molar-refractivity contribution in [3.63, 3.8) is 0 Å². The summed E-state index contributed by atoms with van der Waals surface area (Å²) in [6.45, 7) is 1.71. The fourth-order valence-electron chi connectivity index (χ4n) is 4.48. The first-order chi connectivity index (χ1) is 15.4. The van der Waals surface area contributed by atoms with Gasteiger partial charge in [-0.05, 0) is 62.3 Å². The Kier molecular flexibility index (Phi) is 6.62. The van der Waals surface area contributed by atoms with E-state index in [0.717, 1.165) is 30.4 Å². The lowest BCUT2D eigenvalue weighted by Gasteiger charge is -2.26. The number of fused-ring (bicyclic) bond motifs is 1. The number of amides is 1. The van der Waals surface area contributed by atoms with Crippen LogP contribution in [0.5, 0.6) is 0 Å². The van der Waals surface area contributed by atoms with Crippen molar-refractivity contribution in [2.24, 2.45) is 0 Å². The molecule has 32 heavy (non-hydrogen) atoms. The van der Waals surface area contributed by atoms with Crippen LogP contribution in [0.3, 0.4) is 0 Å². The van der Waals surface area contributed by atoms with Gasteiger partial charge in [0.1, 0.15) is 6.04 Å². The van der Waals surface area contributed by atoms with Crippen LogP contribution in [0.1, 0.15) is 48.4 Å². The molecule has 1 fully saturated rings. The SMILES string of the molecule is Cc1ccc(S(=O)(=O)N2CCC[C@H]2C(=O)OCC(=O)N[C@@H]2CCCc3ccccc32)cc1. The number of rotatable bonds is 6. The zero-order chi connectivity index (χ0) is 22.7. The molecule has 8 heteroatoms. The number of nitrogens with zero attached hydrogens (tertiary/aromatic N) is 1. The van der Waals surface area contributed by atoms with Crippen molar-refractivity contribution in [3.8, 4) is 0 Å². The van der Waals surface area contributed by atoms with Gasteiger partial charge in [-0.3, -0.25) is 9.59 Å². The number of sulfonamides is 1. The fraction of sp³-hybridized carbons (Fsp3) is 0.417. The van der Waals surface area contributed by atoms with Crippen LogP contribution in [0.15, 0.2) is 53.4 Å². The van der Waals surface area contributed by atoms with Crippen LogP contribution >= 0.6 is 0 Å². The average molecular weight is 457 g/mol. The molecule has 1 aliphatic heterocycles. The Balaban J connectivity index is 1.36. The second-order valence-corrected chi connectivity index (χ2v) is 10.3. The van der Waals surface area contributed by atoms with Crippen molar-refractivity contribution >= 4 is 21.9 Å². The lowest BCUT2D eigenvalue weighted by Crippen LogP contribution is -2.42. The molecule has 2 aliphatic rings. The monoisotopic (exact) mass is 456 g/mol. The zero-order valence-electron chi connectivity index (χ0n) is 18.1. The molecule has 0 spiro atoms. The molecular weight excluding hydrogens is 428 g/mol. The maximum atomic E-state index is 13.0. The number of esters is 1. The van der Waals surface area contributed by atoms with E-state index in [1.54, 1.807) is 24.3 Å². The van der Waals surface area contributed by atoms with E-state index < -0.39 is 28.6 Å². The summed E-state index contributed by atoms with van der Waals surface area (Å²) in [5.41, 5.74) is 3.28. The molecule has 1 saturated heterocycles. The third-order valence-corrected chi connectivity index (χ3v) is 8.08. The Morgan fingerprint density at radius 2 is 1.81 bits per heavy atom. The van der Waals surface area contributed by atoms with Gasteiger partial charge in [0.05, 0.1) is 10.9 Å². The van der Waals surface area contributed by atoms with Crippen molar-refractivity contribution in [1.82, 2.24) is 9.62 Å². The lowest BCUT2D eigenvalue weighted by molar-refractivity contribution is -0.151. The van der Waals surface area contributed by atoms with Crippen molar-refractivity contribution in [1.29, 1.82) is 0 Å². The van der Waals surface area contributed by atoms with Crippen molar-refractivity contribution in [2.75, 3.05) is 13.2 Å². The largest absolute Gasteiger partial charge is 0.454 e. The van der Waals surface area contributed by atoms with Crippen LogP contribution in [0, 0.1) is 6.92 Å². The topological polar surface area (TPSA) is 92.8 Å². The first kappa shape index (κ1) is 22.5. The van der Waals surface area contributed by atoms with Gasteiger partial charge in [0.15, 0.2) is 6.61 Å². The quantitative estimate of drug-likeness (QED) is 0.675. The van der Waals surface area contributed by atoms with Crippen molar-refractivity contribution in [2.45, 2.75) is 56.0 Å². The smallest absolute Gasteiger partial charge is 0.324 e. The molecule has 0 saturated carbocycles. The highest BCUT2D eigenvalue weighted by Crippen LogP contribution is 2.30. The molecule has 4 rings (SSSR count). The van der Waals surface area contributed by atoms with Gasteiger partial charge in [-0.25, -0.2) is 8.42 Å². The molecular formula is C24H28N2O5S. The van der Waals surface area contributed by atoms with E-state index in [0.29, 0.717) is 12.8 Å². The van der Waals surface area contributed by atoms with Crippen LogP contribution in [0.25, 0.3) is 0 Å². The van der Waals surface area contributed by atoms with Crippen LogP contribution in [-0.2, 0) is 30.8 Å². The van der Waals surface area contributed by atoms with E-state index in [2.05, 4.69) is 11.4 Å². The highest BCUT2D eigenvalue weighted by atomic mass is 32.2. The van der Waals surface area contributed by atoms with E-state index in [1.165, 1.54) is 9.87 Å². The molecule has 0 bridgehead atoms. The predicted octanol–water partition coefficient (Wildman–Crippen LogP) is 2.89. The average Bonchev–Trinajstić information content (AvgIpc) is 3.29. The van der Waals surface area contributed by atoms with Gasteiger partial charge in [-0.2, -0.15) is 4.31 Å². The van der Waals surface area contributed by atoms with Gasteiger partial charge in [0.2, 0.25) is 10.0 Å². The van der Waals surface area contributed by atoms with Gasteiger partial charge in [-0.1, -0.05) is 42.0 Å². The van der Waals surface area contributed by atoms with Crippen LogP contribution in [0.4, 0.5) is 0 Å². The van der Waals surface area contributed by atoms with Gasteiger partial charge in [0.25, 0.3) is 5.91 Å². The number of carbonyl (C=O) groups excluding carboxylic acids is 2. The first-order valence-electron chi connectivity index (χ1n) is 11.0. The maximum Gasteiger partial charge on any atom is 0.324 e. The summed E-state index contributed by atoms with van der Waals surface area (Å²) in [4.78, 5) is 25.3. The standard InChI is InChI=1S/C24H28N2O5S/c1-17-11-13-19(14-12-17)32(29,30)26-15-5-10-22(26)24(28)31-16-23(27)25-21-9-4-7-18-6-2-3-8-20(18)21/h2-3,6,8,11-14,21-22H,4-5,7,9-10,15-16H2,1H3,(H,25,27)/t21-,22+/m1/s1. The van der Waals surface area contributed by atoms with E-state index in [4.69, 9.17) is 4.74 Å². The fourth-order valence-corrected chi connectivity index (χ4v) is 6.13. The van der Waals surface area contributed by atoms with E-state index in [1.807, 2.05) is 25.1 Å². The van der Waals surface area contributed by atoms with Crippen LogP contribution in [0.2, 0.25) is 0 Å². The molecule has 7 nitrogen and oxygen atoms in total. The minimum Gasteiger partial charge on any atom is -0.454 e. The summed E-state index contributed by atoms with van der Waals surface area (Å²) in [5, 5.41) is 2.95. The van der Waals surface area contributed by atoms with Gasteiger partial charge in [0, 0.05) is 6.54 Å². The van der Waals surface area contributed by atoms with Gasteiger partial charge in [-0.15, -0.1) is 0 Å². The van der Waals surface area contributed by atoms with Crippen molar-refractivity contribution in [3.05, 3.63) is 65.2 Å². The molecule has 1 heterocycles. The van der Waals surface area contributed by atoms with E-state index in [9.17, 15) is 18.0 Å². The summed E-state index contributed by atoms with van der Waals surface area (Å²) in [7, 11) is -3.81. The van der Waals surface area contributed by atoms with E-state index >= 15 is 0 Å². The highest BCUT2D eigenvalue weighted by molar-refractivity contribution is 7.89. The molecule has 1 amide bonds. The number of benzene rings is 2. The molecule has 170 valence electrons. The number of nitrogens with one attached hydrogen (secondary N) is 1. The normalized spacial score (nSPS) is 21.0. The molecule has 0 unspecified atom stereocenters. The van der Waals surface area contributed by atoms with Gasteiger partial charge < -0.3 is 10.1 Å². The first-order valence-corrected chi connectivity index (χ1v) is 12.4. The zero-order valence-corrected chi connectivity index (χ0v) is 18.9. The Morgan fingerprint density at radius 3 is 2.59 bits per heavy atom. The predicted molar refractivity (Wildman–Crippen MR) is 119 cm³/mol. The lowest BCUT2D eigenvalue weighted by atomic mass is 9.88. The van der Waals surface area contributed by atoms with E-state index in [-0.39, 0.29) is 23.4 Å². The number of hydrogen-bond acceptors (Lipinski definition) is 5. The molecule has 0 aromatic heterocycles. The summed E-state index contributed by atoms with van der Waals surface area (Å²) >= 11 is 0. The Hall–Kier alpha value is -2.71. The second kappa shape index (κ2) is 9.42. The Bertz CT molecular complexity index is 1100. The summed E-state index contributed by atoms with van der Waals surface area (Å²) < 4.78 is 32.5. The summed E-state index contributed by atoms with van der Waals surface area (Å²) in [6, 6.07) is 13.5. The molecule has 2 aromatic carbocycles. The number of aryl methyl sites for hydroxylation is 2. The van der Waals surface area contributed by atoms with Gasteiger partial charge >= 0.3 is 5.97 Å². The Morgan fingerprint density at radius 1 is 1.06 bits per heavy atom. The second-order valence-electron chi connectivity index (χ2n) is 8.41. The molecule has 2 aromatic rings. The van der Waals surface area contributed by atoms with Crippen molar-refractivity contribution < 1.29 is 22.7 Å². The molecule has 1 N–H and O–H groups in total. The third kappa shape index (κ3) is 4.71. The number of hydrogen-bond donors (Lipinski definition) is 1. The molecule has 2 atom stereocenters. The number of ether oxygens (including phenoxy) is 1. The Labute approximate surface area is 188 Å². The molecule has 0 radical (unpaired) electrons. The van der Waals surface area contributed by atoms with Crippen LogP contribution < -0.4 is 5.32 Å². The summed E-state index contributed by atoms with van der Waals surface area (Å²) in [6.07, 6.45) is 3.75. The third-order valence-electron chi connectivity index (χ3n) is 6.15. The number of carbonyl (C=O) groups is 2. The highest BCUT2D eigenvalue weighted by Gasteiger charge is 2.40. The minimum atomic E-state index is -3.81. The van der Waals surface area contributed by atoms with Crippen LogP contribution in [-0.4, -0.2) is 43.8 Å². The minimum absolute atomic E-state index is 0.101. The summed E-state index contributed by atoms with van der Waals surface area (Å²) in [5.74, 6) is -1.07. The molecule has 1 aliphatic carbocycles.